The average Bonchev–Trinajstić information content (AvgIpc) is 2.82. The molecule has 0 saturated carbocycles. The van der Waals surface area contributed by atoms with Crippen molar-refractivity contribution in [3.63, 3.8) is 0 Å². The molecule has 0 spiro atoms. The Morgan fingerprint density at radius 2 is 2.15 bits per heavy atom. The molecule has 102 valence electrons. The second kappa shape index (κ2) is 5.63. The summed E-state index contributed by atoms with van der Waals surface area (Å²) in [5.74, 6) is 1.89. The topological polar surface area (TPSA) is 39.4 Å². The number of rotatable bonds is 4. The molecule has 2 heterocycles. The molecule has 0 saturated heterocycles. The lowest BCUT2D eigenvalue weighted by atomic mass is 10.1. The zero-order chi connectivity index (χ0) is 13.9. The molecule has 0 radical (unpaired) electrons. The summed E-state index contributed by atoms with van der Waals surface area (Å²) >= 11 is 3.45. The predicted molar refractivity (Wildman–Crippen MR) is 81.1 cm³/mol. The summed E-state index contributed by atoms with van der Waals surface area (Å²) in [7, 11) is 1.68. The standard InChI is InChI=1S/C15H14BrN3O/c1-20-12-5-2-4-11(10-12)6-7-13-18-14(16)15-17-8-3-9-19(13)15/h2-5,8-10H,6-7H2,1H3. The lowest BCUT2D eigenvalue weighted by Gasteiger charge is -2.04. The Balaban J connectivity index is 1.83. The number of ether oxygens (including phenoxy) is 1. The fourth-order valence-corrected chi connectivity index (χ4v) is 2.71. The normalized spacial score (nSPS) is 10.9. The Labute approximate surface area is 125 Å². The van der Waals surface area contributed by atoms with Gasteiger partial charge in [0, 0.05) is 18.8 Å². The van der Waals surface area contributed by atoms with Crippen molar-refractivity contribution in [1.82, 2.24) is 14.4 Å². The molecule has 0 N–H and O–H groups in total. The van der Waals surface area contributed by atoms with E-state index in [9.17, 15) is 0 Å². The van der Waals surface area contributed by atoms with E-state index in [2.05, 4.69) is 38.0 Å². The molecule has 0 amide bonds. The van der Waals surface area contributed by atoms with Crippen LogP contribution in [0.15, 0.2) is 47.3 Å². The minimum atomic E-state index is 0.791. The van der Waals surface area contributed by atoms with E-state index in [0.717, 1.165) is 34.7 Å². The molecule has 0 unspecified atom stereocenters. The molecule has 20 heavy (non-hydrogen) atoms. The fourth-order valence-electron chi connectivity index (χ4n) is 2.21. The van der Waals surface area contributed by atoms with Gasteiger partial charge < -0.3 is 4.74 Å². The van der Waals surface area contributed by atoms with Crippen molar-refractivity contribution in [2.24, 2.45) is 0 Å². The van der Waals surface area contributed by atoms with Crippen molar-refractivity contribution in [2.75, 3.05) is 7.11 Å². The van der Waals surface area contributed by atoms with Crippen LogP contribution in [-0.4, -0.2) is 21.5 Å². The number of halogens is 1. The number of nitrogens with zero attached hydrogens (tertiary/aromatic N) is 3. The van der Waals surface area contributed by atoms with E-state index in [4.69, 9.17) is 4.74 Å². The zero-order valence-corrected chi connectivity index (χ0v) is 12.7. The molecule has 3 aromatic rings. The van der Waals surface area contributed by atoms with Crippen LogP contribution < -0.4 is 4.74 Å². The first kappa shape index (κ1) is 13.1. The molecular formula is C15H14BrN3O. The summed E-state index contributed by atoms with van der Waals surface area (Å²) in [6, 6.07) is 10.0. The van der Waals surface area contributed by atoms with Crippen LogP contribution in [0.2, 0.25) is 0 Å². The van der Waals surface area contributed by atoms with E-state index in [-0.39, 0.29) is 0 Å². The summed E-state index contributed by atoms with van der Waals surface area (Å²) in [5.41, 5.74) is 2.09. The van der Waals surface area contributed by atoms with Crippen molar-refractivity contribution in [3.8, 4) is 5.75 Å². The summed E-state index contributed by atoms with van der Waals surface area (Å²) in [6.07, 6.45) is 5.53. The third-order valence-electron chi connectivity index (χ3n) is 3.21. The van der Waals surface area contributed by atoms with Crippen LogP contribution in [0, 0.1) is 0 Å². The SMILES string of the molecule is COc1cccc(CCc2nc(Br)c3ncccn23)c1. The molecular weight excluding hydrogens is 318 g/mol. The van der Waals surface area contributed by atoms with Crippen molar-refractivity contribution in [1.29, 1.82) is 0 Å². The van der Waals surface area contributed by atoms with Gasteiger partial charge in [-0.05, 0) is 46.1 Å². The molecule has 0 aliphatic rings. The third-order valence-corrected chi connectivity index (χ3v) is 3.74. The van der Waals surface area contributed by atoms with E-state index < -0.39 is 0 Å². The molecule has 2 aromatic heterocycles. The average molecular weight is 332 g/mol. The first-order chi connectivity index (χ1) is 9.78. The summed E-state index contributed by atoms with van der Waals surface area (Å²) < 4.78 is 8.05. The number of imidazole rings is 1. The van der Waals surface area contributed by atoms with E-state index in [1.165, 1.54) is 5.56 Å². The second-order valence-corrected chi connectivity index (χ2v) is 5.23. The third kappa shape index (κ3) is 2.54. The predicted octanol–water partition coefficient (Wildman–Crippen LogP) is 3.29. The maximum atomic E-state index is 5.24. The quantitative estimate of drug-likeness (QED) is 0.736. The number of aromatic nitrogens is 3. The minimum absolute atomic E-state index is 0.791. The number of benzene rings is 1. The van der Waals surface area contributed by atoms with Crippen LogP contribution in [0.1, 0.15) is 11.4 Å². The van der Waals surface area contributed by atoms with Crippen molar-refractivity contribution in [2.45, 2.75) is 12.8 Å². The van der Waals surface area contributed by atoms with Crippen LogP contribution in [0.3, 0.4) is 0 Å². The molecule has 1 aromatic carbocycles. The zero-order valence-electron chi connectivity index (χ0n) is 11.1. The molecule has 4 nitrogen and oxygen atoms in total. The Morgan fingerprint density at radius 1 is 1.25 bits per heavy atom. The van der Waals surface area contributed by atoms with Gasteiger partial charge in [-0.2, -0.15) is 0 Å². The number of fused-ring (bicyclic) bond motifs is 1. The first-order valence-electron chi connectivity index (χ1n) is 6.38. The van der Waals surface area contributed by atoms with Crippen LogP contribution in [0.25, 0.3) is 5.65 Å². The molecule has 0 aliphatic heterocycles. The van der Waals surface area contributed by atoms with Crippen molar-refractivity contribution in [3.05, 3.63) is 58.7 Å². The maximum Gasteiger partial charge on any atom is 0.171 e. The monoisotopic (exact) mass is 331 g/mol. The summed E-state index contributed by atoms with van der Waals surface area (Å²) in [6.45, 7) is 0. The maximum absolute atomic E-state index is 5.24. The van der Waals surface area contributed by atoms with Gasteiger partial charge in [-0.25, -0.2) is 9.97 Å². The van der Waals surface area contributed by atoms with Gasteiger partial charge in [0.05, 0.1) is 7.11 Å². The number of methoxy groups -OCH3 is 1. The summed E-state index contributed by atoms with van der Waals surface area (Å²) in [4.78, 5) is 8.85. The minimum Gasteiger partial charge on any atom is -0.497 e. The highest BCUT2D eigenvalue weighted by Gasteiger charge is 2.09. The van der Waals surface area contributed by atoms with Gasteiger partial charge in [0.25, 0.3) is 0 Å². The highest BCUT2D eigenvalue weighted by Crippen LogP contribution is 2.19. The highest BCUT2D eigenvalue weighted by atomic mass is 79.9. The molecule has 0 atom stereocenters. The van der Waals surface area contributed by atoms with Gasteiger partial charge in [0.15, 0.2) is 10.3 Å². The lowest BCUT2D eigenvalue weighted by Crippen LogP contribution is -1.98. The Morgan fingerprint density at radius 3 is 3.00 bits per heavy atom. The van der Waals surface area contributed by atoms with E-state index in [1.807, 2.05) is 28.8 Å². The summed E-state index contributed by atoms with van der Waals surface area (Å²) in [5, 5.41) is 0. The fraction of sp³-hybridized carbons (Fsp3) is 0.200. The smallest absolute Gasteiger partial charge is 0.171 e. The van der Waals surface area contributed by atoms with E-state index in [0.29, 0.717) is 0 Å². The number of aryl methyl sites for hydroxylation is 2. The van der Waals surface area contributed by atoms with Crippen molar-refractivity contribution < 1.29 is 4.74 Å². The van der Waals surface area contributed by atoms with Gasteiger partial charge in [0.1, 0.15) is 11.6 Å². The molecule has 3 rings (SSSR count). The van der Waals surface area contributed by atoms with Gasteiger partial charge in [0.2, 0.25) is 0 Å². The van der Waals surface area contributed by atoms with Crippen molar-refractivity contribution >= 4 is 21.6 Å². The van der Waals surface area contributed by atoms with Crippen LogP contribution >= 0.6 is 15.9 Å². The highest BCUT2D eigenvalue weighted by molar-refractivity contribution is 9.10. The van der Waals surface area contributed by atoms with Gasteiger partial charge in [-0.15, -0.1) is 0 Å². The Kier molecular flexibility index (Phi) is 3.69. The second-order valence-electron chi connectivity index (χ2n) is 4.48. The molecule has 5 heteroatoms. The number of hydrogen-bond acceptors (Lipinski definition) is 3. The van der Waals surface area contributed by atoms with Crippen LogP contribution in [0.4, 0.5) is 0 Å². The van der Waals surface area contributed by atoms with E-state index in [1.54, 1.807) is 13.3 Å². The molecule has 0 bridgehead atoms. The Hall–Kier alpha value is -1.88. The van der Waals surface area contributed by atoms with Gasteiger partial charge >= 0.3 is 0 Å². The Bertz CT molecular complexity index is 739. The largest absolute Gasteiger partial charge is 0.497 e. The van der Waals surface area contributed by atoms with Gasteiger partial charge in [-0.1, -0.05) is 12.1 Å². The number of hydrogen-bond donors (Lipinski definition) is 0. The lowest BCUT2D eigenvalue weighted by molar-refractivity contribution is 0.414. The molecule has 0 aliphatic carbocycles. The molecule has 0 fully saturated rings. The van der Waals surface area contributed by atoms with Crippen LogP contribution in [-0.2, 0) is 12.8 Å². The van der Waals surface area contributed by atoms with Crippen LogP contribution in [0.5, 0.6) is 5.75 Å². The van der Waals surface area contributed by atoms with Gasteiger partial charge in [-0.3, -0.25) is 4.40 Å². The van der Waals surface area contributed by atoms with E-state index >= 15 is 0 Å². The first-order valence-corrected chi connectivity index (χ1v) is 7.17.